The molecule has 1 amide bonds. The number of tetrazole rings is 1. The Balaban J connectivity index is 1.43. The monoisotopic (exact) mass is 420 g/mol. The van der Waals surface area contributed by atoms with Crippen molar-refractivity contribution in [2.45, 2.75) is 32.9 Å². The zero-order valence-corrected chi connectivity index (χ0v) is 16.6. The molecule has 1 aromatic heterocycles. The fourth-order valence-electron chi connectivity index (χ4n) is 3.06. The van der Waals surface area contributed by atoms with Crippen LogP contribution in [0, 0.1) is 16.0 Å². The Morgan fingerprint density at radius 3 is 2.66 bits per heavy atom. The molecule has 0 radical (unpaired) electrons. The third-order valence-corrected chi connectivity index (χ3v) is 4.86. The molecule has 12 heteroatoms. The van der Waals surface area contributed by atoms with Crippen molar-refractivity contribution >= 4 is 29.2 Å². The molecule has 1 fully saturated rings. The van der Waals surface area contributed by atoms with Crippen LogP contribution in [0.2, 0.25) is 5.02 Å². The normalized spacial score (nSPS) is 16.0. The van der Waals surface area contributed by atoms with Crippen LogP contribution in [0.15, 0.2) is 29.4 Å². The van der Waals surface area contributed by atoms with Gasteiger partial charge in [0.25, 0.3) is 0 Å². The first-order chi connectivity index (χ1) is 13.9. The van der Waals surface area contributed by atoms with Gasteiger partial charge in [0, 0.05) is 22.7 Å². The van der Waals surface area contributed by atoms with Gasteiger partial charge in [-0.05, 0) is 55.5 Å². The molecule has 3 rings (SSSR count). The smallest absolute Gasteiger partial charge is 0.390 e. The summed E-state index contributed by atoms with van der Waals surface area (Å²) in [5.74, 6) is -0.807. The number of nitrogens with zero attached hydrogens (tertiary/aromatic N) is 7. The Labute approximate surface area is 171 Å². The van der Waals surface area contributed by atoms with Gasteiger partial charge in [-0.15, -0.1) is 0 Å². The molecule has 1 aliphatic rings. The summed E-state index contributed by atoms with van der Waals surface area (Å²) in [5, 5.41) is 25.8. The summed E-state index contributed by atoms with van der Waals surface area (Å²) in [4.78, 5) is 25.6. The van der Waals surface area contributed by atoms with Crippen LogP contribution in [0.25, 0.3) is 0 Å². The zero-order chi connectivity index (χ0) is 20.8. The average Bonchev–Trinajstić information content (AvgIpc) is 3.17. The molecule has 0 atom stereocenters. The maximum absolute atomic E-state index is 12.4. The predicted molar refractivity (Wildman–Crippen MR) is 105 cm³/mol. The molecule has 1 N–H and O–H groups in total. The van der Waals surface area contributed by atoms with Crippen LogP contribution in [0.3, 0.4) is 0 Å². The van der Waals surface area contributed by atoms with E-state index in [1.807, 2.05) is 24.3 Å². The minimum atomic E-state index is -0.725. The van der Waals surface area contributed by atoms with Gasteiger partial charge < -0.3 is 10.1 Å². The van der Waals surface area contributed by atoms with Crippen LogP contribution in [-0.4, -0.2) is 54.7 Å². The van der Waals surface area contributed by atoms with Crippen molar-refractivity contribution in [2.24, 2.45) is 11.0 Å². The largest absolute Gasteiger partial charge is 0.514 e. The highest BCUT2D eigenvalue weighted by atomic mass is 35.5. The lowest BCUT2D eigenvalue weighted by molar-refractivity contribution is -0.394. The van der Waals surface area contributed by atoms with Gasteiger partial charge in [-0.25, -0.2) is 5.43 Å². The molecule has 0 saturated carbocycles. The summed E-state index contributed by atoms with van der Waals surface area (Å²) in [7, 11) is 0. The molecule has 29 heavy (non-hydrogen) atoms. The van der Waals surface area contributed by atoms with Gasteiger partial charge in [-0.1, -0.05) is 28.5 Å². The highest BCUT2D eigenvalue weighted by molar-refractivity contribution is 6.30. The van der Waals surface area contributed by atoms with Gasteiger partial charge in [0.05, 0.1) is 15.9 Å². The standard InChI is InChI=1S/C17H21ClN8O3/c1-12(10-25-22-17(21-23-25)26(28)29)19-20-16(27)14-6-8-24(9-7-14)11-13-2-4-15(18)5-3-13/h2-5,14H,6-11H2,1H3,(H,20,27). The summed E-state index contributed by atoms with van der Waals surface area (Å²) in [6.07, 6.45) is 1.51. The van der Waals surface area contributed by atoms with Gasteiger partial charge >= 0.3 is 5.95 Å². The Kier molecular flexibility index (Phi) is 6.83. The first-order valence-corrected chi connectivity index (χ1v) is 9.50. The number of benzene rings is 1. The van der Waals surface area contributed by atoms with Crippen molar-refractivity contribution in [3.8, 4) is 0 Å². The Bertz CT molecular complexity index is 890. The number of halogens is 1. The van der Waals surface area contributed by atoms with E-state index >= 15 is 0 Å². The summed E-state index contributed by atoms with van der Waals surface area (Å²) in [6, 6.07) is 7.78. The molecule has 2 aromatic rings. The van der Waals surface area contributed by atoms with Crippen molar-refractivity contribution in [3.05, 3.63) is 45.0 Å². The van der Waals surface area contributed by atoms with Crippen LogP contribution < -0.4 is 5.43 Å². The molecule has 154 valence electrons. The van der Waals surface area contributed by atoms with Gasteiger partial charge in [0.15, 0.2) is 0 Å². The third kappa shape index (κ3) is 6.03. The summed E-state index contributed by atoms with van der Waals surface area (Å²) in [5.41, 5.74) is 4.26. The number of rotatable bonds is 7. The minimum Gasteiger partial charge on any atom is -0.390 e. The number of nitro groups is 1. The second kappa shape index (κ2) is 9.52. The molecular weight excluding hydrogens is 400 g/mol. The fraction of sp³-hybridized carbons (Fsp3) is 0.471. The minimum absolute atomic E-state index is 0.0979. The number of carbonyl (C=O) groups excluding carboxylic acids is 1. The summed E-state index contributed by atoms with van der Waals surface area (Å²) >= 11 is 5.91. The lowest BCUT2D eigenvalue weighted by Crippen LogP contribution is -2.39. The van der Waals surface area contributed by atoms with Gasteiger partial charge in [-0.2, -0.15) is 5.10 Å². The predicted octanol–water partition coefficient (Wildman–Crippen LogP) is 1.64. The lowest BCUT2D eigenvalue weighted by Gasteiger charge is -2.30. The molecule has 0 aliphatic carbocycles. The maximum atomic E-state index is 12.4. The van der Waals surface area contributed by atoms with E-state index in [0.717, 1.165) is 42.3 Å². The van der Waals surface area contributed by atoms with Gasteiger partial charge in [0.1, 0.15) is 6.54 Å². The van der Waals surface area contributed by atoms with E-state index in [-0.39, 0.29) is 18.4 Å². The summed E-state index contributed by atoms with van der Waals surface area (Å²) in [6.45, 7) is 4.26. The highest BCUT2D eigenvalue weighted by Crippen LogP contribution is 2.20. The number of nitrogens with one attached hydrogen (secondary N) is 1. The first kappa shape index (κ1) is 20.8. The molecule has 1 saturated heterocycles. The van der Waals surface area contributed by atoms with Crippen LogP contribution in [-0.2, 0) is 17.9 Å². The van der Waals surface area contributed by atoms with E-state index in [9.17, 15) is 14.9 Å². The molecule has 0 bridgehead atoms. The van der Waals surface area contributed by atoms with E-state index < -0.39 is 10.9 Å². The Morgan fingerprint density at radius 2 is 2.03 bits per heavy atom. The Morgan fingerprint density at radius 1 is 1.34 bits per heavy atom. The maximum Gasteiger partial charge on any atom is 0.514 e. The molecular formula is C17H21ClN8O3. The van der Waals surface area contributed by atoms with Crippen molar-refractivity contribution < 1.29 is 9.72 Å². The fourth-order valence-corrected chi connectivity index (χ4v) is 3.18. The number of piperidine rings is 1. The molecule has 1 aliphatic heterocycles. The average molecular weight is 421 g/mol. The van der Waals surface area contributed by atoms with Gasteiger partial charge in [-0.3, -0.25) is 9.69 Å². The second-order valence-electron chi connectivity index (χ2n) is 6.88. The first-order valence-electron chi connectivity index (χ1n) is 9.12. The van der Waals surface area contributed by atoms with E-state index in [2.05, 4.69) is 30.8 Å². The van der Waals surface area contributed by atoms with Crippen LogP contribution in [0.4, 0.5) is 5.95 Å². The Hall–Kier alpha value is -2.92. The van der Waals surface area contributed by atoms with Crippen LogP contribution in [0.5, 0.6) is 0 Å². The van der Waals surface area contributed by atoms with Crippen LogP contribution in [0.1, 0.15) is 25.3 Å². The molecule has 1 aromatic carbocycles. The van der Waals surface area contributed by atoms with E-state index in [4.69, 9.17) is 11.6 Å². The van der Waals surface area contributed by atoms with Gasteiger partial charge in [0.2, 0.25) is 5.91 Å². The van der Waals surface area contributed by atoms with E-state index in [0.29, 0.717) is 5.71 Å². The summed E-state index contributed by atoms with van der Waals surface area (Å²) < 4.78 is 0. The highest BCUT2D eigenvalue weighted by Gasteiger charge is 2.25. The van der Waals surface area contributed by atoms with E-state index in [1.165, 1.54) is 5.56 Å². The number of hydrogen-bond acceptors (Lipinski definition) is 8. The van der Waals surface area contributed by atoms with Crippen molar-refractivity contribution in [1.29, 1.82) is 0 Å². The molecule has 0 unspecified atom stereocenters. The second-order valence-corrected chi connectivity index (χ2v) is 7.31. The van der Waals surface area contributed by atoms with Crippen molar-refractivity contribution in [3.63, 3.8) is 0 Å². The number of aromatic nitrogens is 4. The zero-order valence-electron chi connectivity index (χ0n) is 15.9. The quantitative estimate of drug-likeness (QED) is 0.409. The third-order valence-electron chi connectivity index (χ3n) is 4.61. The lowest BCUT2D eigenvalue weighted by atomic mass is 9.96. The number of hydrazone groups is 1. The number of likely N-dealkylation sites (tertiary alicyclic amines) is 1. The molecule has 11 nitrogen and oxygen atoms in total. The molecule has 2 heterocycles. The van der Waals surface area contributed by atoms with Crippen LogP contribution >= 0.6 is 11.6 Å². The number of hydrogen-bond donors (Lipinski definition) is 1. The van der Waals surface area contributed by atoms with Crippen molar-refractivity contribution in [1.82, 2.24) is 30.5 Å². The number of carbonyl (C=O) groups is 1. The molecule has 0 spiro atoms. The topological polar surface area (TPSA) is 131 Å². The number of amides is 1. The SMILES string of the molecule is CC(Cn1nnc([N+](=O)[O-])n1)=NNC(=O)C1CCN(Cc2ccc(Cl)cc2)CC1. The van der Waals surface area contributed by atoms with Crippen molar-refractivity contribution in [2.75, 3.05) is 13.1 Å². The van der Waals surface area contributed by atoms with E-state index in [1.54, 1.807) is 6.92 Å².